The van der Waals surface area contributed by atoms with E-state index in [9.17, 15) is 0 Å². The summed E-state index contributed by atoms with van der Waals surface area (Å²) >= 11 is 0. The normalized spacial score (nSPS) is 12.3. The van der Waals surface area contributed by atoms with E-state index in [2.05, 4.69) is 42.0 Å². The summed E-state index contributed by atoms with van der Waals surface area (Å²) in [6, 6.07) is 2.06. The molecule has 0 aliphatic rings. The van der Waals surface area contributed by atoms with Crippen LogP contribution in [0.1, 0.15) is 43.9 Å². The summed E-state index contributed by atoms with van der Waals surface area (Å²) in [7, 11) is 0. The Balaban J connectivity index is 2.22. The lowest BCUT2D eigenvalue weighted by atomic mass is 9.84. The van der Waals surface area contributed by atoms with Gasteiger partial charge in [0.25, 0.3) is 5.78 Å². The van der Waals surface area contributed by atoms with E-state index in [0.29, 0.717) is 5.78 Å². The highest BCUT2D eigenvalue weighted by atomic mass is 15.3. The molecule has 0 saturated carbocycles. The van der Waals surface area contributed by atoms with Crippen LogP contribution < -0.4 is 5.73 Å². The van der Waals surface area contributed by atoms with Crippen molar-refractivity contribution in [2.24, 2.45) is 11.1 Å². The number of aromatic nitrogens is 4. The van der Waals surface area contributed by atoms with E-state index in [4.69, 9.17) is 5.73 Å². The molecule has 2 N–H and O–H groups in total. The first-order chi connectivity index (χ1) is 8.93. The third kappa shape index (κ3) is 3.10. The van der Waals surface area contributed by atoms with Crippen LogP contribution in [0.3, 0.4) is 0 Å². The number of aryl methyl sites for hydroxylation is 3. The Bertz CT molecular complexity index is 570. The fraction of sp³-hybridized carbons (Fsp3) is 0.643. The fourth-order valence-electron chi connectivity index (χ4n) is 2.43. The van der Waals surface area contributed by atoms with E-state index < -0.39 is 0 Å². The number of nitrogens with zero attached hydrogens (tertiary/aromatic N) is 4. The maximum atomic E-state index is 5.65. The molecule has 0 aromatic carbocycles. The molecule has 0 atom stereocenters. The van der Waals surface area contributed by atoms with Crippen LogP contribution >= 0.6 is 0 Å². The summed E-state index contributed by atoms with van der Waals surface area (Å²) in [5.74, 6) is 1.69. The van der Waals surface area contributed by atoms with Crippen LogP contribution in [-0.4, -0.2) is 26.1 Å². The van der Waals surface area contributed by atoms with Crippen LogP contribution in [0.25, 0.3) is 5.78 Å². The zero-order chi connectivity index (χ0) is 14.0. The Kier molecular flexibility index (Phi) is 3.85. The van der Waals surface area contributed by atoms with Crippen molar-refractivity contribution >= 4 is 5.78 Å². The van der Waals surface area contributed by atoms with Crippen molar-refractivity contribution < 1.29 is 0 Å². The molecule has 0 aliphatic heterocycles. The first-order valence-corrected chi connectivity index (χ1v) is 6.81. The van der Waals surface area contributed by atoms with Crippen LogP contribution in [0.2, 0.25) is 0 Å². The summed E-state index contributed by atoms with van der Waals surface area (Å²) in [6.45, 7) is 9.27. The molecule has 0 aliphatic carbocycles. The topological polar surface area (TPSA) is 69.1 Å². The SMILES string of the molecule is Cc1cc(C)n2c(CCC(C)(C)CCN)nnc2n1. The smallest absolute Gasteiger partial charge is 0.255 e. The largest absolute Gasteiger partial charge is 0.330 e. The van der Waals surface area contributed by atoms with Gasteiger partial charge in [0.05, 0.1) is 0 Å². The number of nitrogens with two attached hydrogens (primary N) is 1. The number of hydrogen-bond acceptors (Lipinski definition) is 4. The van der Waals surface area contributed by atoms with Gasteiger partial charge < -0.3 is 5.73 Å². The van der Waals surface area contributed by atoms with E-state index >= 15 is 0 Å². The second-order valence-corrected chi connectivity index (χ2v) is 5.99. The highest BCUT2D eigenvalue weighted by Gasteiger charge is 2.19. The molecule has 0 fully saturated rings. The molecule has 0 amide bonds. The summed E-state index contributed by atoms with van der Waals surface area (Å²) in [6.07, 6.45) is 2.98. The molecule has 0 bridgehead atoms. The summed E-state index contributed by atoms with van der Waals surface area (Å²) < 4.78 is 2.05. The highest BCUT2D eigenvalue weighted by molar-refractivity contribution is 5.32. The molecule has 2 aromatic rings. The second-order valence-electron chi connectivity index (χ2n) is 5.99. The van der Waals surface area contributed by atoms with Crippen molar-refractivity contribution in [3.05, 3.63) is 23.3 Å². The zero-order valence-corrected chi connectivity index (χ0v) is 12.3. The van der Waals surface area contributed by atoms with E-state index in [1.807, 2.05) is 11.3 Å². The molecule has 0 saturated heterocycles. The molecule has 104 valence electrons. The summed E-state index contributed by atoms with van der Waals surface area (Å²) in [5, 5.41) is 8.44. The van der Waals surface area contributed by atoms with Crippen molar-refractivity contribution in [2.75, 3.05) is 6.54 Å². The van der Waals surface area contributed by atoms with Crippen molar-refractivity contribution in [3.63, 3.8) is 0 Å². The van der Waals surface area contributed by atoms with Gasteiger partial charge in [-0.15, -0.1) is 10.2 Å². The van der Waals surface area contributed by atoms with Crippen LogP contribution in [0.5, 0.6) is 0 Å². The molecule has 0 spiro atoms. The van der Waals surface area contributed by atoms with Gasteiger partial charge in [0.2, 0.25) is 0 Å². The predicted octanol–water partition coefficient (Wildman–Crippen LogP) is 2.05. The van der Waals surface area contributed by atoms with E-state index in [-0.39, 0.29) is 5.41 Å². The van der Waals surface area contributed by atoms with E-state index in [1.54, 1.807) is 0 Å². The molecule has 5 nitrogen and oxygen atoms in total. The predicted molar refractivity (Wildman–Crippen MR) is 76.0 cm³/mol. The van der Waals surface area contributed by atoms with Gasteiger partial charge in [0, 0.05) is 17.8 Å². The maximum Gasteiger partial charge on any atom is 0.255 e. The first-order valence-electron chi connectivity index (χ1n) is 6.81. The third-order valence-electron chi connectivity index (χ3n) is 3.61. The lowest BCUT2D eigenvalue weighted by Crippen LogP contribution is -2.18. The molecule has 0 radical (unpaired) electrons. The van der Waals surface area contributed by atoms with Gasteiger partial charge in [0.15, 0.2) is 0 Å². The summed E-state index contributed by atoms with van der Waals surface area (Å²) in [4.78, 5) is 4.41. The molecule has 5 heteroatoms. The second kappa shape index (κ2) is 5.25. The Hall–Kier alpha value is -1.49. The van der Waals surface area contributed by atoms with Gasteiger partial charge in [-0.2, -0.15) is 0 Å². The quantitative estimate of drug-likeness (QED) is 0.894. The Morgan fingerprint density at radius 2 is 1.95 bits per heavy atom. The molecule has 2 aromatic heterocycles. The van der Waals surface area contributed by atoms with Gasteiger partial charge in [-0.05, 0) is 44.7 Å². The van der Waals surface area contributed by atoms with Crippen molar-refractivity contribution in [1.29, 1.82) is 0 Å². The minimum Gasteiger partial charge on any atom is -0.330 e. The maximum absolute atomic E-state index is 5.65. The monoisotopic (exact) mass is 261 g/mol. The molecule has 19 heavy (non-hydrogen) atoms. The third-order valence-corrected chi connectivity index (χ3v) is 3.61. The molecular formula is C14H23N5. The Morgan fingerprint density at radius 3 is 2.63 bits per heavy atom. The Morgan fingerprint density at radius 1 is 1.21 bits per heavy atom. The van der Waals surface area contributed by atoms with Crippen LogP contribution in [0.15, 0.2) is 6.07 Å². The molecular weight excluding hydrogens is 238 g/mol. The standard InChI is InChI=1S/C14H23N5/c1-10-9-11(2)19-12(17-18-13(19)16-10)5-6-14(3,4)7-8-15/h9H,5-8,15H2,1-4H3. The van der Waals surface area contributed by atoms with Gasteiger partial charge >= 0.3 is 0 Å². The van der Waals surface area contributed by atoms with Gasteiger partial charge in [-0.3, -0.25) is 4.40 Å². The number of rotatable bonds is 5. The van der Waals surface area contributed by atoms with Gasteiger partial charge in [0.1, 0.15) is 5.82 Å². The Labute approximate surface area is 114 Å². The lowest BCUT2D eigenvalue weighted by molar-refractivity contribution is 0.310. The van der Waals surface area contributed by atoms with Crippen LogP contribution in [0, 0.1) is 19.3 Å². The summed E-state index contributed by atoms with van der Waals surface area (Å²) in [5.41, 5.74) is 8.01. The fourth-order valence-corrected chi connectivity index (χ4v) is 2.43. The van der Waals surface area contributed by atoms with Crippen LogP contribution in [-0.2, 0) is 6.42 Å². The van der Waals surface area contributed by atoms with Crippen molar-refractivity contribution in [1.82, 2.24) is 19.6 Å². The van der Waals surface area contributed by atoms with Crippen LogP contribution in [0.4, 0.5) is 0 Å². The number of hydrogen-bond donors (Lipinski definition) is 1. The average molecular weight is 261 g/mol. The molecule has 0 unspecified atom stereocenters. The minimum absolute atomic E-state index is 0.243. The molecule has 2 heterocycles. The average Bonchev–Trinajstić information content (AvgIpc) is 2.69. The van der Waals surface area contributed by atoms with E-state index in [0.717, 1.165) is 43.0 Å². The highest BCUT2D eigenvalue weighted by Crippen LogP contribution is 2.26. The lowest BCUT2D eigenvalue weighted by Gasteiger charge is -2.23. The molecule has 2 rings (SSSR count). The number of fused-ring (bicyclic) bond motifs is 1. The zero-order valence-electron chi connectivity index (χ0n) is 12.3. The van der Waals surface area contributed by atoms with E-state index in [1.165, 1.54) is 0 Å². The van der Waals surface area contributed by atoms with Crippen molar-refractivity contribution in [3.8, 4) is 0 Å². The first kappa shape index (κ1) is 13.9. The van der Waals surface area contributed by atoms with Gasteiger partial charge in [-0.25, -0.2) is 4.98 Å². The van der Waals surface area contributed by atoms with Crippen molar-refractivity contribution in [2.45, 2.75) is 47.0 Å². The minimum atomic E-state index is 0.243. The van der Waals surface area contributed by atoms with Gasteiger partial charge in [-0.1, -0.05) is 13.8 Å².